The molecule has 0 radical (unpaired) electrons. The minimum absolute atomic E-state index is 0.121. The molecule has 2 amide bonds. The first-order chi connectivity index (χ1) is 12.3. The fourth-order valence-electron chi connectivity index (χ4n) is 2.12. The predicted octanol–water partition coefficient (Wildman–Crippen LogP) is 3.86. The molecule has 0 aliphatic heterocycles. The van der Waals surface area contributed by atoms with Crippen molar-refractivity contribution in [1.29, 1.82) is 0 Å². The van der Waals surface area contributed by atoms with Gasteiger partial charge in [-0.05, 0) is 42.0 Å². The van der Waals surface area contributed by atoms with Gasteiger partial charge < -0.3 is 15.0 Å². The Morgan fingerprint density at radius 1 is 1.08 bits per heavy atom. The molecule has 5 nitrogen and oxygen atoms in total. The van der Waals surface area contributed by atoms with Crippen molar-refractivity contribution in [3.8, 4) is 5.75 Å². The summed E-state index contributed by atoms with van der Waals surface area (Å²) in [4.78, 5) is 26.3. The van der Waals surface area contributed by atoms with Crippen LogP contribution in [0.15, 0.2) is 48.2 Å². The number of rotatable bonds is 5. The number of amides is 2. The molecule has 0 spiro atoms. The molecule has 0 aliphatic carbocycles. The molecule has 0 bridgehead atoms. The van der Waals surface area contributed by atoms with Gasteiger partial charge in [-0.1, -0.05) is 35.3 Å². The molecule has 0 heterocycles. The van der Waals surface area contributed by atoms with E-state index in [2.05, 4.69) is 5.32 Å². The van der Waals surface area contributed by atoms with Crippen molar-refractivity contribution in [2.45, 2.75) is 0 Å². The van der Waals surface area contributed by atoms with E-state index in [1.165, 1.54) is 17.0 Å². The van der Waals surface area contributed by atoms with E-state index >= 15 is 0 Å². The molecule has 0 unspecified atom stereocenters. The maximum atomic E-state index is 12.5. The molecule has 2 rings (SSSR count). The molecule has 0 saturated heterocycles. The number of halogens is 2. The van der Waals surface area contributed by atoms with E-state index in [1.807, 2.05) is 0 Å². The van der Waals surface area contributed by atoms with Crippen molar-refractivity contribution in [3.05, 3.63) is 69.3 Å². The lowest BCUT2D eigenvalue weighted by atomic mass is 10.1. The van der Waals surface area contributed by atoms with Gasteiger partial charge in [-0.25, -0.2) is 0 Å². The Kier molecular flexibility index (Phi) is 6.66. The summed E-state index contributed by atoms with van der Waals surface area (Å²) in [5, 5.41) is 3.25. The first-order valence-corrected chi connectivity index (χ1v) is 8.41. The minimum atomic E-state index is -0.498. The number of methoxy groups -OCH3 is 1. The molecule has 0 aliphatic rings. The van der Waals surface area contributed by atoms with E-state index in [1.54, 1.807) is 57.6 Å². The summed E-state index contributed by atoms with van der Waals surface area (Å²) in [6, 6.07) is 11.6. The third-order valence-corrected chi connectivity index (χ3v) is 4.04. The van der Waals surface area contributed by atoms with Crippen LogP contribution in [0.5, 0.6) is 5.75 Å². The van der Waals surface area contributed by atoms with E-state index in [9.17, 15) is 9.59 Å². The highest BCUT2D eigenvalue weighted by Gasteiger charge is 2.18. The molecule has 0 fully saturated rings. The quantitative estimate of drug-likeness (QED) is 0.785. The average molecular weight is 393 g/mol. The summed E-state index contributed by atoms with van der Waals surface area (Å²) in [5.74, 6) is -0.152. The average Bonchev–Trinajstić information content (AvgIpc) is 2.60. The van der Waals surface area contributed by atoms with Crippen molar-refractivity contribution in [2.75, 3.05) is 21.2 Å². The molecule has 136 valence electrons. The van der Waals surface area contributed by atoms with E-state index in [0.29, 0.717) is 10.8 Å². The molecule has 2 aromatic carbocycles. The Morgan fingerprint density at radius 3 is 2.27 bits per heavy atom. The van der Waals surface area contributed by atoms with Crippen LogP contribution in [0.1, 0.15) is 15.9 Å². The van der Waals surface area contributed by atoms with Crippen molar-refractivity contribution < 1.29 is 14.3 Å². The van der Waals surface area contributed by atoms with Gasteiger partial charge in [0.25, 0.3) is 11.8 Å². The number of carbonyl (C=O) groups is 2. The zero-order valence-corrected chi connectivity index (χ0v) is 16.1. The Bertz CT molecular complexity index is 846. The molecule has 0 saturated carbocycles. The van der Waals surface area contributed by atoms with Gasteiger partial charge in [0.1, 0.15) is 11.4 Å². The number of likely N-dealkylation sites (N-methyl/N-ethyl adjacent to an activating group) is 1. The monoisotopic (exact) mass is 392 g/mol. The second-order valence-electron chi connectivity index (χ2n) is 5.61. The van der Waals surface area contributed by atoms with Crippen molar-refractivity contribution in [1.82, 2.24) is 10.2 Å². The van der Waals surface area contributed by atoms with Crippen molar-refractivity contribution >= 4 is 41.1 Å². The first kappa shape index (κ1) is 19.8. The zero-order chi connectivity index (χ0) is 19.3. The highest BCUT2D eigenvalue weighted by Crippen LogP contribution is 2.21. The van der Waals surface area contributed by atoms with Crippen LogP contribution in [-0.4, -0.2) is 37.9 Å². The minimum Gasteiger partial charge on any atom is -0.497 e. The number of nitrogens with zero attached hydrogens (tertiary/aromatic N) is 1. The van der Waals surface area contributed by atoms with Crippen molar-refractivity contribution in [3.63, 3.8) is 0 Å². The Balaban J connectivity index is 2.33. The second-order valence-corrected chi connectivity index (χ2v) is 6.45. The molecule has 7 heteroatoms. The van der Waals surface area contributed by atoms with Gasteiger partial charge >= 0.3 is 0 Å². The lowest BCUT2D eigenvalue weighted by molar-refractivity contribution is -0.124. The van der Waals surface area contributed by atoms with Gasteiger partial charge in [0.2, 0.25) is 0 Å². The van der Waals surface area contributed by atoms with Crippen LogP contribution < -0.4 is 10.1 Å². The van der Waals surface area contributed by atoms with Crippen LogP contribution in [0, 0.1) is 0 Å². The maximum Gasteiger partial charge on any atom is 0.269 e. The SMILES string of the molecule is COc1ccc(/C=C(\NC(=O)c2ccc(Cl)cc2Cl)C(=O)N(C)C)cc1. The summed E-state index contributed by atoms with van der Waals surface area (Å²) in [6.45, 7) is 0. The molecule has 0 aromatic heterocycles. The lowest BCUT2D eigenvalue weighted by Crippen LogP contribution is -2.34. The first-order valence-electron chi connectivity index (χ1n) is 7.65. The summed E-state index contributed by atoms with van der Waals surface area (Å²) in [5.41, 5.74) is 1.08. The molecule has 0 atom stereocenters. The summed E-state index contributed by atoms with van der Waals surface area (Å²) >= 11 is 11.9. The van der Waals surface area contributed by atoms with E-state index in [4.69, 9.17) is 27.9 Å². The van der Waals surface area contributed by atoms with Crippen LogP contribution in [0.4, 0.5) is 0 Å². The number of nitrogens with one attached hydrogen (secondary N) is 1. The van der Waals surface area contributed by atoms with E-state index in [0.717, 1.165) is 5.56 Å². The van der Waals surface area contributed by atoms with Gasteiger partial charge in [0.05, 0.1) is 17.7 Å². The number of benzene rings is 2. The van der Waals surface area contributed by atoms with Crippen LogP contribution in [0.3, 0.4) is 0 Å². The van der Waals surface area contributed by atoms with Gasteiger partial charge in [0.15, 0.2) is 0 Å². The fraction of sp³-hybridized carbons (Fsp3) is 0.158. The van der Waals surface area contributed by atoms with Crippen molar-refractivity contribution in [2.24, 2.45) is 0 Å². The molecular formula is C19H18Cl2N2O3. The highest BCUT2D eigenvalue weighted by atomic mass is 35.5. The molecule has 2 aromatic rings. The molecule has 26 heavy (non-hydrogen) atoms. The number of hydrogen-bond acceptors (Lipinski definition) is 3. The number of ether oxygens (including phenoxy) is 1. The van der Waals surface area contributed by atoms with Gasteiger partial charge in [-0.2, -0.15) is 0 Å². The zero-order valence-electron chi connectivity index (χ0n) is 14.5. The summed E-state index contributed by atoms with van der Waals surface area (Å²) in [7, 11) is 4.78. The normalized spacial score (nSPS) is 11.0. The lowest BCUT2D eigenvalue weighted by Gasteiger charge is -2.15. The summed E-state index contributed by atoms with van der Waals surface area (Å²) < 4.78 is 5.11. The van der Waals surface area contributed by atoms with Crippen LogP contribution in [0.2, 0.25) is 10.0 Å². The second kappa shape index (κ2) is 8.74. The summed E-state index contributed by atoms with van der Waals surface area (Å²) in [6.07, 6.45) is 1.59. The molecular weight excluding hydrogens is 375 g/mol. The maximum absolute atomic E-state index is 12.5. The number of carbonyl (C=O) groups excluding carboxylic acids is 2. The third-order valence-electron chi connectivity index (χ3n) is 3.49. The van der Waals surface area contributed by atoms with Gasteiger partial charge in [0, 0.05) is 19.1 Å². The van der Waals surface area contributed by atoms with Crippen LogP contribution in [-0.2, 0) is 4.79 Å². The topological polar surface area (TPSA) is 58.6 Å². The Hall–Kier alpha value is -2.50. The number of hydrogen-bond donors (Lipinski definition) is 1. The van der Waals surface area contributed by atoms with E-state index < -0.39 is 5.91 Å². The van der Waals surface area contributed by atoms with E-state index in [-0.39, 0.29) is 22.2 Å². The Morgan fingerprint density at radius 2 is 1.73 bits per heavy atom. The van der Waals surface area contributed by atoms with Gasteiger partial charge in [-0.15, -0.1) is 0 Å². The molecule has 1 N–H and O–H groups in total. The van der Waals surface area contributed by atoms with Gasteiger partial charge in [-0.3, -0.25) is 9.59 Å². The smallest absolute Gasteiger partial charge is 0.269 e. The van der Waals surface area contributed by atoms with Crippen LogP contribution >= 0.6 is 23.2 Å². The van der Waals surface area contributed by atoms with Crippen LogP contribution in [0.25, 0.3) is 6.08 Å². The Labute approximate surface area is 162 Å². The highest BCUT2D eigenvalue weighted by molar-refractivity contribution is 6.36. The predicted molar refractivity (Wildman–Crippen MR) is 104 cm³/mol. The third kappa shape index (κ3) is 5.00. The standard InChI is InChI=1S/C19H18Cl2N2O3/c1-23(2)19(25)17(10-12-4-7-14(26-3)8-5-12)22-18(24)15-9-6-13(20)11-16(15)21/h4-11H,1-3H3,(H,22,24)/b17-10-. The fourth-order valence-corrected chi connectivity index (χ4v) is 2.62. The largest absolute Gasteiger partial charge is 0.497 e.